The lowest BCUT2D eigenvalue weighted by Crippen LogP contribution is -2.51. The average Bonchev–Trinajstić information content (AvgIpc) is 2.74. The molecule has 2 aliphatic rings. The molecule has 0 radical (unpaired) electrons. The van der Waals surface area contributed by atoms with Gasteiger partial charge in [0.1, 0.15) is 6.61 Å². The van der Waals surface area contributed by atoms with Crippen LogP contribution in [0.1, 0.15) is 56.9 Å². The highest BCUT2D eigenvalue weighted by Gasteiger charge is 2.30. The van der Waals surface area contributed by atoms with Crippen LogP contribution in [0.5, 0.6) is 0 Å². The van der Waals surface area contributed by atoms with E-state index in [9.17, 15) is 13.2 Å². The molecule has 1 heterocycles. The molecule has 1 aliphatic carbocycles. The third-order valence-electron chi connectivity index (χ3n) is 5.76. The molecule has 0 atom stereocenters. The monoisotopic (exact) mass is 408 g/mol. The van der Waals surface area contributed by atoms with Crippen molar-refractivity contribution in [1.82, 2.24) is 9.21 Å². The normalized spacial score (nSPS) is 19.7. The van der Waals surface area contributed by atoms with E-state index in [0.29, 0.717) is 43.6 Å². The molecule has 2 fully saturated rings. The summed E-state index contributed by atoms with van der Waals surface area (Å²) in [7, 11) is -3.52. The number of hydrogen-bond acceptors (Lipinski definition) is 4. The minimum atomic E-state index is -3.52. The molecule has 0 spiro atoms. The zero-order chi connectivity index (χ0) is 20.0. The lowest BCUT2D eigenvalue weighted by molar-refractivity contribution is -0.137. The number of carbonyl (C=O) groups is 1. The fourth-order valence-corrected chi connectivity index (χ4v) is 5.49. The number of amides is 1. The number of ether oxygens (including phenoxy) is 1. The van der Waals surface area contributed by atoms with Gasteiger partial charge in [-0.3, -0.25) is 4.79 Å². The second-order valence-corrected chi connectivity index (χ2v) is 9.68. The minimum absolute atomic E-state index is 0.0673. The van der Waals surface area contributed by atoms with Gasteiger partial charge in [-0.05, 0) is 42.9 Å². The van der Waals surface area contributed by atoms with Crippen LogP contribution < -0.4 is 0 Å². The smallest absolute Gasteiger partial charge is 0.248 e. The van der Waals surface area contributed by atoms with Crippen LogP contribution in [0.3, 0.4) is 0 Å². The highest BCUT2D eigenvalue weighted by Crippen LogP contribution is 2.33. The molecular formula is C21H32N2O4S. The number of carbonyl (C=O) groups excluding carboxylic acids is 1. The van der Waals surface area contributed by atoms with Gasteiger partial charge < -0.3 is 9.64 Å². The maximum Gasteiger partial charge on any atom is 0.248 e. The minimum Gasteiger partial charge on any atom is -0.372 e. The Morgan fingerprint density at radius 3 is 2.29 bits per heavy atom. The van der Waals surface area contributed by atoms with Gasteiger partial charge in [-0.2, -0.15) is 4.31 Å². The van der Waals surface area contributed by atoms with Crippen molar-refractivity contribution in [3.8, 4) is 0 Å². The van der Waals surface area contributed by atoms with E-state index in [0.717, 1.165) is 6.42 Å². The summed E-state index contributed by atoms with van der Waals surface area (Å²) in [5.41, 5.74) is 1.25. The largest absolute Gasteiger partial charge is 0.372 e. The van der Waals surface area contributed by atoms with Crippen LogP contribution in [0.2, 0.25) is 0 Å². The third kappa shape index (κ3) is 5.13. The topological polar surface area (TPSA) is 66.9 Å². The van der Waals surface area contributed by atoms with Crippen molar-refractivity contribution in [1.29, 1.82) is 0 Å². The van der Waals surface area contributed by atoms with Gasteiger partial charge in [-0.15, -0.1) is 0 Å². The first-order valence-electron chi connectivity index (χ1n) is 10.5. The molecule has 0 aromatic heterocycles. The van der Waals surface area contributed by atoms with Crippen molar-refractivity contribution in [2.75, 3.05) is 39.4 Å². The van der Waals surface area contributed by atoms with E-state index in [1.54, 1.807) is 17.0 Å². The summed E-state index contributed by atoms with van der Waals surface area (Å²) < 4.78 is 32.7. The molecule has 0 unspecified atom stereocenters. The summed E-state index contributed by atoms with van der Waals surface area (Å²) in [6, 6.07) is 7.45. The van der Waals surface area contributed by atoms with Crippen LogP contribution in [0, 0.1) is 0 Å². The molecule has 1 saturated carbocycles. The van der Waals surface area contributed by atoms with Crippen LogP contribution in [-0.4, -0.2) is 62.9 Å². The van der Waals surface area contributed by atoms with Crippen LogP contribution in [-0.2, 0) is 19.6 Å². The van der Waals surface area contributed by atoms with Crippen molar-refractivity contribution in [2.24, 2.45) is 0 Å². The molecule has 1 aromatic rings. The molecule has 3 rings (SSSR count). The van der Waals surface area contributed by atoms with Gasteiger partial charge in [0, 0.05) is 32.8 Å². The molecule has 7 heteroatoms. The maximum absolute atomic E-state index is 13.0. The Bertz CT molecular complexity index is 734. The van der Waals surface area contributed by atoms with Crippen LogP contribution in [0.15, 0.2) is 29.2 Å². The second kappa shape index (κ2) is 9.85. The molecule has 1 amide bonds. The number of benzene rings is 1. The van der Waals surface area contributed by atoms with Gasteiger partial charge in [0.25, 0.3) is 0 Å². The lowest BCUT2D eigenvalue weighted by atomic mass is 9.84. The van der Waals surface area contributed by atoms with Gasteiger partial charge in [0.2, 0.25) is 15.9 Å². The Morgan fingerprint density at radius 1 is 1.04 bits per heavy atom. The Balaban J connectivity index is 1.57. The SMILES string of the molecule is CCCOCC(=O)N1CCN(S(=O)(=O)c2ccc(C3CCCCC3)cc2)CC1. The Hall–Kier alpha value is -1.44. The lowest BCUT2D eigenvalue weighted by Gasteiger charge is -2.34. The van der Waals surface area contributed by atoms with Crippen molar-refractivity contribution in [3.05, 3.63) is 29.8 Å². The van der Waals surface area contributed by atoms with Crippen molar-refractivity contribution in [3.63, 3.8) is 0 Å². The Morgan fingerprint density at radius 2 is 1.68 bits per heavy atom. The van der Waals surface area contributed by atoms with Crippen molar-refractivity contribution < 1.29 is 17.9 Å². The van der Waals surface area contributed by atoms with Crippen LogP contribution in [0.4, 0.5) is 0 Å². The summed E-state index contributed by atoms with van der Waals surface area (Å²) in [5.74, 6) is 0.498. The zero-order valence-corrected chi connectivity index (χ0v) is 17.6. The van der Waals surface area contributed by atoms with Gasteiger partial charge in [-0.25, -0.2) is 8.42 Å². The summed E-state index contributed by atoms with van der Waals surface area (Å²) in [6.45, 7) is 4.11. The van der Waals surface area contributed by atoms with Crippen LogP contribution >= 0.6 is 0 Å². The third-order valence-corrected chi connectivity index (χ3v) is 7.67. The Labute approximate surface area is 168 Å². The van der Waals surface area contributed by atoms with Gasteiger partial charge in [0.05, 0.1) is 4.90 Å². The van der Waals surface area contributed by atoms with E-state index in [-0.39, 0.29) is 12.5 Å². The summed E-state index contributed by atoms with van der Waals surface area (Å²) in [4.78, 5) is 14.2. The molecule has 6 nitrogen and oxygen atoms in total. The van der Waals surface area contributed by atoms with Crippen LogP contribution in [0.25, 0.3) is 0 Å². The molecule has 1 aliphatic heterocycles. The number of hydrogen-bond donors (Lipinski definition) is 0. The van der Waals surface area contributed by atoms with Crippen molar-refractivity contribution in [2.45, 2.75) is 56.3 Å². The zero-order valence-electron chi connectivity index (χ0n) is 16.8. The number of sulfonamides is 1. The van der Waals surface area contributed by atoms with Gasteiger partial charge in [0.15, 0.2) is 0 Å². The van der Waals surface area contributed by atoms with E-state index < -0.39 is 10.0 Å². The van der Waals surface area contributed by atoms with E-state index in [1.807, 2.05) is 19.1 Å². The predicted octanol–water partition coefficient (Wildman–Crippen LogP) is 2.99. The van der Waals surface area contributed by atoms with Gasteiger partial charge >= 0.3 is 0 Å². The quantitative estimate of drug-likeness (QED) is 0.651. The molecule has 1 aromatic carbocycles. The average molecular weight is 409 g/mol. The van der Waals surface area contributed by atoms with Crippen molar-refractivity contribution >= 4 is 15.9 Å². The number of nitrogens with zero attached hydrogens (tertiary/aromatic N) is 2. The number of piperazine rings is 1. The number of rotatable bonds is 7. The first kappa shape index (κ1) is 21.3. The molecular weight excluding hydrogens is 376 g/mol. The second-order valence-electron chi connectivity index (χ2n) is 7.74. The first-order valence-corrected chi connectivity index (χ1v) is 11.9. The molecule has 28 heavy (non-hydrogen) atoms. The first-order chi connectivity index (χ1) is 13.5. The van der Waals surface area contributed by atoms with E-state index >= 15 is 0 Å². The van der Waals surface area contributed by atoms with E-state index in [2.05, 4.69) is 0 Å². The molecule has 1 saturated heterocycles. The summed E-state index contributed by atoms with van der Waals surface area (Å²) in [6.07, 6.45) is 7.10. The fourth-order valence-electron chi connectivity index (χ4n) is 4.07. The predicted molar refractivity (Wildman–Crippen MR) is 109 cm³/mol. The summed E-state index contributed by atoms with van der Waals surface area (Å²) >= 11 is 0. The fraction of sp³-hybridized carbons (Fsp3) is 0.667. The summed E-state index contributed by atoms with van der Waals surface area (Å²) in [5, 5.41) is 0. The Kier molecular flexibility index (Phi) is 7.48. The maximum atomic E-state index is 13.0. The van der Waals surface area contributed by atoms with E-state index in [1.165, 1.54) is 42.0 Å². The highest BCUT2D eigenvalue weighted by molar-refractivity contribution is 7.89. The molecule has 0 N–H and O–H groups in total. The van der Waals surface area contributed by atoms with Gasteiger partial charge in [-0.1, -0.05) is 38.3 Å². The standard InChI is InChI=1S/C21H32N2O4S/c1-2-16-27-17-21(24)22-12-14-23(15-13-22)28(25,26)20-10-8-19(9-11-20)18-6-4-3-5-7-18/h8-11,18H,2-7,12-17H2,1H3. The van der Waals surface area contributed by atoms with E-state index in [4.69, 9.17) is 4.74 Å². The highest BCUT2D eigenvalue weighted by atomic mass is 32.2. The molecule has 156 valence electrons. The molecule has 0 bridgehead atoms.